The molecule has 0 aromatic heterocycles. The van der Waals surface area contributed by atoms with E-state index in [4.69, 9.17) is 4.74 Å². The van der Waals surface area contributed by atoms with Crippen molar-refractivity contribution in [3.8, 4) is 5.75 Å². The third kappa shape index (κ3) is 5.02. The van der Waals surface area contributed by atoms with Crippen molar-refractivity contribution in [2.45, 2.75) is 24.3 Å². The molecule has 3 aromatic carbocycles. The van der Waals surface area contributed by atoms with Crippen molar-refractivity contribution >= 4 is 27.3 Å². The van der Waals surface area contributed by atoms with E-state index in [9.17, 15) is 13.2 Å². The molecule has 0 unspecified atom stereocenters. The zero-order chi connectivity index (χ0) is 24.1. The van der Waals surface area contributed by atoms with Crippen molar-refractivity contribution in [1.82, 2.24) is 5.32 Å². The average molecular weight is 480 g/mol. The van der Waals surface area contributed by atoms with E-state index in [1.807, 2.05) is 18.2 Å². The Morgan fingerprint density at radius 2 is 1.71 bits per heavy atom. The number of sulfonamides is 1. The summed E-state index contributed by atoms with van der Waals surface area (Å²) in [5, 5.41) is 2.94. The summed E-state index contributed by atoms with van der Waals surface area (Å²) in [4.78, 5) is 15.3. The first-order valence-electron chi connectivity index (χ1n) is 11.2. The highest BCUT2D eigenvalue weighted by Gasteiger charge is 2.23. The molecule has 0 spiro atoms. The van der Waals surface area contributed by atoms with Gasteiger partial charge in [-0.15, -0.1) is 0 Å². The van der Waals surface area contributed by atoms with Gasteiger partial charge in [0.2, 0.25) is 0 Å². The van der Waals surface area contributed by atoms with Crippen LogP contribution in [0.15, 0.2) is 77.7 Å². The van der Waals surface area contributed by atoms with Crippen LogP contribution in [-0.4, -0.2) is 41.6 Å². The summed E-state index contributed by atoms with van der Waals surface area (Å²) in [5.74, 6) is 0.319. The molecule has 0 bridgehead atoms. The second kappa shape index (κ2) is 10.2. The zero-order valence-corrected chi connectivity index (χ0v) is 20.2. The van der Waals surface area contributed by atoms with Gasteiger partial charge in [0.05, 0.1) is 17.7 Å². The summed E-state index contributed by atoms with van der Waals surface area (Å²) in [6, 6.07) is 20.9. The van der Waals surface area contributed by atoms with Crippen molar-refractivity contribution < 1.29 is 17.9 Å². The van der Waals surface area contributed by atoms with Crippen LogP contribution in [0.1, 0.15) is 28.8 Å². The standard InChI is InChI=1S/C26H29N3O4S/c1-28(22-12-14-23(33-2)15-13-22)34(31,32)24-10-7-9-20(18-24)26(30)27-19-21-8-3-4-11-25(21)29-16-5-6-17-29/h3-4,7-15,18H,5-6,16-17,19H2,1-2H3,(H,27,30). The highest BCUT2D eigenvalue weighted by Crippen LogP contribution is 2.26. The summed E-state index contributed by atoms with van der Waals surface area (Å²) in [6.45, 7) is 2.41. The van der Waals surface area contributed by atoms with E-state index in [1.165, 1.54) is 36.3 Å². The minimum Gasteiger partial charge on any atom is -0.497 e. The Hall–Kier alpha value is -3.52. The summed E-state index contributed by atoms with van der Waals surface area (Å²) < 4.78 is 32.7. The third-order valence-corrected chi connectivity index (χ3v) is 7.85. The van der Waals surface area contributed by atoms with Gasteiger partial charge in [0.15, 0.2) is 0 Å². The summed E-state index contributed by atoms with van der Waals surface area (Å²) >= 11 is 0. The fourth-order valence-corrected chi connectivity index (χ4v) is 5.33. The predicted octanol–water partition coefficient (Wildman–Crippen LogP) is 4.05. The molecule has 1 N–H and O–H groups in total. The molecule has 7 nitrogen and oxygen atoms in total. The first-order valence-corrected chi connectivity index (χ1v) is 12.7. The normalized spacial score (nSPS) is 13.5. The molecule has 1 aliphatic heterocycles. The van der Waals surface area contributed by atoms with E-state index in [1.54, 1.807) is 43.5 Å². The van der Waals surface area contributed by atoms with Gasteiger partial charge in [-0.05, 0) is 66.9 Å². The quantitative estimate of drug-likeness (QED) is 0.527. The summed E-state index contributed by atoms with van der Waals surface area (Å²) in [6.07, 6.45) is 2.35. The zero-order valence-electron chi connectivity index (χ0n) is 19.4. The fourth-order valence-electron chi connectivity index (χ4n) is 4.09. The number of hydrogen-bond donors (Lipinski definition) is 1. The Morgan fingerprint density at radius 3 is 2.41 bits per heavy atom. The van der Waals surface area contributed by atoms with Crippen LogP contribution in [0.5, 0.6) is 5.75 Å². The molecule has 178 valence electrons. The van der Waals surface area contributed by atoms with Gasteiger partial charge in [-0.25, -0.2) is 8.42 Å². The number of nitrogens with zero attached hydrogens (tertiary/aromatic N) is 2. The fraction of sp³-hybridized carbons (Fsp3) is 0.269. The Labute approximate surface area is 201 Å². The van der Waals surface area contributed by atoms with E-state index in [0.717, 1.165) is 24.3 Å². The van der Waals surface area contributed by atoms with Crippen molar-refractivity contribution in [3.63, 3.8) is 0 Å². The van der Waals surface area contributed by atoms with Crippen LogP contribution >= 0.6 is 0 Å². The average Bonchev–Trinajstić information content (AvgIpc) is 3.42. The highest BCUT2D eigenvalue weighted by atomic mass is 32.2. The van der Waals surface area contributed by atoms with Gasteiger partial charge in [0.25, 0.3) is 15.9 Å². The smallest absolute Gasteiger partial charge is 0.264 e. The van der Waals surface area contributed by atoms with Gasteiger partial charge >= 0.3 is 0 Å². The third-order valence-electron chi connectivity index (χ3n) is 6.07. The molecule has 0 radical (unpaired) electrons. The number of carbonyl (C=O) groups excluding carboxylic acids is 1. The topological polar surface area (TPSA) is 78.9 Å². The maximum atomic E-state index is 13.2. The minimum atomic E-state index is -3.85. The number of amides is 1. The van der Waals surface area contributed by atoms with Crippen LogP contribution in [0, 0.1) is 0 Å². The number of hydrogen-bond acceptors (Lipinski definition) is 5. The number of ether oxygens (including phenoxy) is 1. The van der Waals surface area contributed by atoms with E-state index in [2.05, 4.69) is 16.3 Å². The van der Waals surface area contributed by atoms with E-state index in [-0.39, 0.29) is 10.8 Å². The van der Waals surface area contributed by atoms with Crippen LogP contribution in [-0.2, 0) is 16.6 Å². The second-order valence-electron chi connectivity index (χ2n) is 8.20. The molecule has 1 aliphatic rings. The Kier molecular flexibility index (Phi) is 7.07. The lowest BCUT2D eigenvalue weighted by Crippen LogP contribution is -2.28. The Morgan fingerprint density at radius 1 is 1.00 bits per heavy atom. The van der Waals surface area contributed by atoms with Crippen LogP contribution < -0.4 is 19.3 Å². The number of para-hydroxylation sites is 1. The molecular weight excluding hydrogens is 450 g/mol. The molecule has 0 aliphatic carbocycles. The molecule has 1 heterocycles. The second-order valence-corrected chi connectivity index (χ2v) is 10.2. The molecule has 0 atom stereocenters. The molecule has 8 heteroatoms. The number of anilines is 2. The summed E-state index contributed by atoms with van der Waals surface area (Å²) in [7, 11) is -0.809. The van der Waals surface area contributed by atoms with Gasteiger partial charge in [-0.3, -0.25) is 9.10 Å². The molecule has 3 aromatic rings. The maximum Gasteiger partial charge on any atom is 0.264 e. The molecule has 1 saturated heterocycles. The first kappa shape index (κ1) is 23.6. The van der Waals surface area contributed by atoms with Crippen LogP contribution in [0.25, 0.3) is 0 Å². The Balaban J connectivity index is 1.49. The molecule has 1 fully saturated rings. The number of nitrogens with one attached hydrogen (secondary N) is 1. The molecule has 4 rings (SSSR count). The van der Waals surface area contributed by atoms with Crippen molar-refractivity contribution in [1.29, 1.82) is 0 Å². The number of benzene rings is 3. The Bertz CT molecular complexity index is 1250. The number of methoxy groups -OCH3 is 1. The monoisotopic (exact) mass is 479 g/mol. The van der Waals surface area contributed by atoms with Crippen LogP contribution in [0.3, 0.4) is 0 Å². The van der Waals surface area contributed by atoms with Gasteiger partial charge in [0.1, 0.15) is 5.75 Å². The van der Waals surface area contributed by atoms with Crippen molar-refractivity contribution in [2.24, 2.45) is 0 Å². The van der Waals surface area contributed by atoms with Crippen molar-refractivity contribution in [2.75, 3.05) is 36.5 Å². The van der Waals surface area contributed by atoms with Crippen molar-refractivity contribution in [3.05, 3.63) is 83.9 Å². The van der Waals surface area contributed by atoms with Crippen LogP contribution in [0.4, 0.5) is 11.4 Å². The minimum absolute atomic E-state index is 0.0518. The van der Waals surface area contributed by atoms with E-state index in [0.29, 0.717) is 23.5 Å². The predicted molar refractivity (Wildman–Crippen MR) is 134 cm³/mol. The lowest BCUT2D eigenvalue weighted by Gasteiger charge is -2.21. The lowest BCUT2D eigenvalue weighted by molar-refractivity contribution is 0.0950. The molecule has 34 heavy (non-hydrogen) atoms. The van der Waals surface area contributed by atoms with Gasteiger partial charge in [0, 0.05) is 37.9 Å². The van der Waals surface area contributed by atoms with Gasteiger partial charge < -0.3 is 15.0 Å². The maximum absolute atomic E-state index is 13.2. The highest BCUT2D eigenvalue weighted by molar-refractivity contribution is 7.92. The number of carbonyl (C=O) groups is 1. The van der Waals surface area contributed by atoms with E-state index < -0.39 is 10.0 Å². The largest absolute Gasteiger partial charge is 0.497 e. The van der Waals surface area contributed by atoms with Crippen LogP contribution in [0.2, 0.25) is 0 Å². The molecule has 1 amide bonds. The number of rotatable bonds is 8. The lowest BCUT2D eigenvalue weighted by atomic mass is 10.1. The van der Waals surface area contributed by atoms with Gasteiger partial charge in [-0.1, -0.05) is 24.3 Å². The summed E-state index contributed by atoms with van der Waals surface area (Å²) in [5.41, 5.74) is 2.97. The SMILES string of the molecule is COc1ccc(N(C)S(=O)(=O)c2cccc(C(=O)NCc3ccccc3N3CCCC3)c2)cc1. The molecular formula is C26H29N3O4S. The molecule has 0 saturated carbocycles. The first-order chi connectivity index (χ1) is 16.4. The van der Waals surface area contributed by atoms with E-state index >= 15 is 0 Å². The van der Waals surface area contributed by atoms with Gasteiger partial charge in [-0.2, -0.15) is 0 Å².